The van der Waals surface area contributed by atoms with Crippen LogP contribution < -0.4 is 0 Å². The van der Waals surface area contributed by atoms with Crippen LogP contribution in [0.3, 0.4) is 0 Å². The van der Waals surface area contributed by atoms with Gasteiger partial charge in [0.2, 0.25) is 0 Å². The first-order valence-corrected chi connectivity index (χ1v) is 8.55. The molecule has 0 unspecified atom stereocenters. The first kappa shape index (κ1) is 17.0. The van der Waals surface area contributed by atoms with E-state index in [1.165, 1.54) is 12.1 Å². The molecule has 0 spiro atoms. The molecule has 2 saturated heterocycles. The smallest absolute Gasteiger partial charge is 0.276 e. The van der Waals surface area contributed by atoms with Crippen LogP contribution in [0.4, 0.5) is 8.78 Å². The molecule has 138 valence electrons. The molecule has 4 rings (SSSR count). The first-order chi connectivity index (χ1) is 12.6. The van der Waals surface area contributed by atoms with Crippen molar-refractivity contribution in [3.05, 3.63) is 47.3 Å². The van der Waals surface area contributed by atoms with Gasteiger partial charge in [0.25, 0.3) is 5.91 Å². The molecule has 1 aromatic heterocycles. The summed E-state index contributed by atoms with van der Waals surface area (Å²) in [5.41, 5.74) is 0.793. The lowest BCUT2D eigenvalue weighted by Crippen LogP contribution is -2.47. The number of halogens is 2. The minimum Gasteiger partial charge on any atom is -0.378 e. The lowest BCUT2D eigenvalue weighted by molar-refractivity contribution is 0.0299. The Morgan fingerprint density at radius 1 is 1.23 bits per heavy atom. The standard InChI is InChI=1S/C17H19F2N5O2/c18-13-2-1-12(15(19)7-13)8-22-9-14(10-22)24-11-16(20-21-24)17(25)23-3-5-26-6-4-23/h1-2,7,11,14H,3-6,8-10H2. The third-order valence-corrected chi connectivity index (χ3v) is 4.75. The van der Waals surface area contributed by atoms with Crippen LogP contribution in [0.2, 0.25) is 0 Å². The molecule has 26 heavy (non-hydrogen) atoms. The van der Waals surface area contributed by atoms with Crippen LogP contribution in [0.5, 0.6) is 0 Å². The third kappa shape index (κ3) is 3.45. The highest BCUT2D eigenvalue weighted by molar-refractivity contribution is 5.92. The molecule has 0 bridgehead atoms. The molecule has 0 N–H and O–H groups in total. The number of aromatic nitrogens is 3. The molecule has 2 aliphatic rings. The van der Waals surface area contributed by atoms with Crippen molar-refractivity contribution in [1.29, 1.82) is 0 Å². The average Bonchev–Trinajstić information content (AvgIpc) is 3.09. The van der Waals surface area contributed by atoms with E-state index >= 15 is 0 Å². The van der Waals surface area contributed by atoms with Crippen molar-refractivity contribution < 1.29 is 18.3 Å². The largest absolute Gasteiger partial charge is 0.378 e. The van der Waals surface area contributed by atoms with Crippen molar-refractivity contribution in [3.8, 4) is 0 Å². The second-order valence-corrected chi connectivity index (χ2v) is 6.57. The van der Waals surface area contributed by atoms with Crippen LogP contribution in [0.1, 0.15) is 22.1 Å². The van der Waals surface area contributed by atoms with Gasteiger partial charge in [0, 0.05) is 44.4 Å². The fourth-order valence-electron chi connectivity index (χ4n) is 3.21. The Labute approximate surface area is 149 Å². The number of amides is 1. The van der Waals surface area contributed by atoms with Gasteiger partial charge in [0.05, 0.1) is 25.5 Å². The zero-order valence-corrected chi connectivity index (χ0v) is 14.1. The van der Waals surface area contributed by atoms with Crippen LogP contribution >= 0.6 is 0 Å². The van der Waals surface area contributed by atoms with E-state index in [9.17, 15) is 13.6 Å². The van der Waals surface area contributed by atoms with E-state index < -0.39 is 11.6 Å². The summed E-state index contributed by atoms with van der Waals surface area (Å²) in [5.74, 6) is -1.25. The van der Waals surface area contributed by atoms with Crippen LogP contribution in [-0.2, 0) is 11.3 Å². The van der Waals surface area contributed by atoms with Crippen molar-refractivity contribution >= 4 is 5.91 Å². The summed E-state index contributed by atoms with van der Waals surface area (Å²) in [5, 5.41) is 8.05. The van der Waals surface area contributed by atoms with Crippen molar-refractivity contribution in [1.82, 2.24) is 24.8 Å². The average molecular weight is 363 g/mol. The van der Waals surface area contributed by atoms with E-state index in [1.807, 2.05) is 4.90 Å². The van der Waals surface area contributed by atoms with E-state index in [2.05, 4.69) is 10.3 Å². The predicted octanol–water partition coefficient (Wildman–Crippen LogP) is 1.09. The van der Waals surface area contributed by atoms with Gasteiger partial charge in [-0.1, -0.05) is 11.3 Å². The number of morpholine rings is 1. The van der Waals surface area contributed by atoms with E-state index in [1.54, 1.807) is 15.8 Å². The number of nitrogens with zero attached hydrogens (tertiary/aromatic N) is 5. The van der Waals surface area contributed by atoms with Gasteiger partial charge in [-0.15, -0.1) is 5.10 Å². The fourth-order valence-corrected chi connectivity index (χ4v) is 3.21. The Hall–Kier alpha value is -2.39. The van der Waals surface area contributed by atoms with Gasteiger partial charge >= 0.3 is 0 Å². The molecule has 2 fully saturated rings. The number of likely N-dealkylation sites (tertiary alicyclic amines) is 1. The number of benzene rings is 1. The van der Waals surface area contributed by atoms with Crippen molar-refractivity contribution in [2.75, 3.05) is 39.4 Å². The van der Waals surface area contributed by atoms with Crippen LogP contribution in [0, 0.1) is 11.6 Å². The molecule has 0 radical (unpaired) electrons. The molecule has 2 aromatic rings. The fraction of sp³-hybridized carbons (Fsp3) is 0.471. The summed E-state index contributed by atoms with van der Waals surface area (Å²) < 4.78 is 33.6. The minimum atomic E-state index is -0.576. The zero-order chi connectivity index (χ0) is 18.1. The number of carbonyl (C=O) groups is 1. The Bertz CT molecular complexity index is 800. The summed E-state index contributed by atoms with van der Waals surface area (Å²) in [4.78, 5) is 16.1. The number of hydrogen-bond acceptors (Lipinski definition) is 5. The summed E-state index contributed by atoms with van der Waals surface area (Å²) in [7, 11) is 0. The lowest BCUT2D eigenvalue weighted by atomic mass is 10.1. The van der Waals surface area contributed by atoms with Gasteiger partial charge in [-0.05, 0) is 6.07 Å². The third-order valence-electron chi connectivity index (χ3n) is 4.75. The minimum absolute atomic E-state index is 0.0947. The molecule has 0 aliphatic carbocycles. The summed E-state index contributed by atoms with van der Waals surface area (Å²) in [6, 6.07) is 3.72. The normalized spacial score (nSPS) is 18.8. The van der Waals surface area contributed by atoms with E-state index in [4.69, 9.17) is 4.74 Å². The monoisotopic (exact) mass is 363 g/mol. The molecule has 0 saturated carbocycles. The first-order valence-electron chi connectivity index (χ1n) is 8.55. The number of ether oxygens (including phenoxy) is 1. The van der Waals surface area contributed by atoms with Gasteiger partial charge in [-0.25, -0.2) is 13.5 Å². The zero-order valence-electron chi connectivity index (χ0n) is 14.1. The number of rotatable bonds is 4. The Balaban J connectivity index is 1.33. The lowest BCUT2D eigenvalue weighted by Gasteiger charge is -2.38. The predicted molar refractivity (Wildman–Crippen MR) is 87.4 cm³/mol. The van der Waals surface area contributed by atoms with E-state index in [0.29, 0.717) is 57.2 Å². The molecule has 1 amide bonds. The van der Waals surface area contributed by atoms with Gasteiger partial charge < -0.3 is 9.64 Å². The SMILES string of the molecule is O=C(c1cn(C2CN(Cc3ccc(F)cc3F)C2)nn1)N1CCOCC1. The maximum Gasteiger partial charge on any atom is 0.276 e. The number of hydrogen-bond donors (Lipinski definition) is 0. The highest BCUT2D eigenvalue weighted by atomic mass is 19.1. The van der Waals surface area contributed by atoms with Crippen LogP contribution in [0.15, 0.2) is 24.4 Å². The van der Waals surface area contributed by atoms with Gasteiger partial charge in [-0.3, -0.25) is 9.69 Å². The van der Waals surface area contributed by atoms with Gasteiger partial charge in [0.15, 0.2) is 5.69 Å². The molecule has 2 aliphatic heterocycles. The molecular formula is C17H19F2N5O2. The molecular weight excluding hydrogens is 344 g/mol. The molecule has 9 heteroatoms. The summed E-state index contributed by atoms with van der Waals surface area (Å²) in [6.07, 6.45) is 1.66. The second kappa shape index (κ2) is 7.08. The number of carbonyl (C=O) groups excluding carboxylic acids is 1. The summed E-state index contributed by atoms with van der Waals surface area (Å²) in [6.45, 7) is 3.96. The molecule has 7 nitrogen and oxygen atoms in total. The van der Waals surface area contributed by atoms with Crippen molar-refractivity contribution in [2.24, 2.45) is 0 Å². The topological polar surface area (TPSA) is 63.5 Å². The van der Waals surface area contributed by atoms with Gasteiger partial charge in [-0.2, -0.15) is 0 Å². The van der Waals surface area contributed by atoms with Crippen molar-refractivity contribution in [2.45, 2.75) is 12.6 Å². The van der Waals surface area contributed by atoms with E-state index in [0.717, 1.165) is 6.07 Å². The van der Waals surface area contributed by atoms with Crippen LogP contribution in [-0.4, -0.2) is 70.1 Å². The Morgan fingerprint density at radius 2 is 2.00 bits per heavy atom. The maximum atomic E-state index is 13.7. The Morgan fingerprint density at radius 3 is 2.73 bits per heavy atom. The summed E-state index contributed by atoms with van der Waals surface area (Å²) >= 11 is 0. The Kier molecular flexibility index (Phi) is 4.64. The highest BCUT2D eigenvalue weighted by Crippen LogP contribution is 2.24. The molecule has 1 aromatic carbocycles. The quantitative estimate of drug-likeness (QED) is 0.814. The molecule has 0 atom stereocenters. The maximum absolute atomic E-state index is 13.7. The molecule has 3 heterocycles. The second-order valence-electron chi connectivity index (χ2n) is 6.57. The van der Waals surface area contributed by atoms with E-state index in [-0.39, 0.29) is 11.9 Å². The van der Waals surface area contributed by atoms with Crippen LogP contribution in [0.25, 0.3) is 0 Å². The highest BCUT2D eigenvalue weighted by Gasteiger charge is 2.31. The van der Waals surface area contributed by atoms with Gasteiger partial charge in [0.1, 0.15) is 11.6 Å². The van der Waals surface area contributed by atoms with Crippen molar-refractivity contribution in [3.63, 3.8) is 0 Å².